The smallest absolute Gasteiger partial charge is 0.180 e. The summed E-state index contributed by atoms with van der Waals surface area (Å²) in [6.45, 7) is 0. The van der Waals surface area contributed by atoms with Gasteiger partial charge in [-0.2, -0.15) is 0 Å². The maximum Gasteiger partial charge on any atom is 0.180 e. The van der Waals surface area contributed by atoms with Crippen molar-refractivity contribution >= 4 is 17.1 Å². The van der Waals surface area contributed by atoms with Crippen LogP contribution in [0.5, 0.6) is 0 Å². The molecule has 0 saturated heterocycles. The van der Waals surface area contributed by atoms with E-state index >= 15 is 0 Å². The van der Waals surface area contributed by atoms with Crippen molar-refractivity contribution in [2.75, 3.05) is 4.90 Å². The number of benzene rings is 5. The van der Waals surface area contributed by atoms with E-state index in [2.05, 4.69) is 77.7 Å². The van der Waals surface area contributed by atoms with Crippen LogP contribution in [0, 0.1) is 0 Å². The van der Waals surface area contributed by atoms with E-state index < -0.39 is 6.29 Å². The third kappa shape index (κ3) is 4.48. The minimum Gasteiger partial charge on any atom is -0.364 e. The molecule has 0 heterocycles. The maximum atomic E-state index is 10.1. The number of aliphatic hydroxyl groups excluding tert-OH is 1. The van der Waals surface area contributed by atoms with Crippen molar-refractivity contribution in [3.05, 3.63) is 139 Å². The highest BCUT2D eigenvalue weighted by Gasteiger charge is 2.19. The fraction of sp³-hybridized carbons (Fsp3) is 0.0323. The lowest BCUT2D eigenvalue weighted by atomic mass is 10.0. The lowest BCUT2D eigenvalue weighted by Gasteiger charge is -2.28. The molecule has 0 aliphatic carbocycles. The average Bonchev–Trinajstić information content (AvgIpc) is 2.91. The second-order valence-corrected chi connectivity index (χ2v) is 8.09. The van der Waals surface area contributed by atoms with E-state index in [-0.39, 0.29) is 0 Å². The minimum atomic E-state index is -1.58. The first-order valence-corrected chi connectivity index (χ1v) is 11.3. The van der Waals surface area contributed by atoms with Gasteiger partial charge in [0.05, 0.1) is 5.69 Å². The topological polar surface area (TPSA) is 43.7 Å². The SMILES string of the molecule is OC(O)c1ccccc1N(c1ccc(-c2ccccc2)cc1)c1ccc(-c2ccccc2)cc1. The highest BCUT2D eigenvalue weighted by atomic mass is 16.5. The number of nitrogens with zero attached hydrogens (tertiary/aromatic N) is 1. The zero-order valence-corrected chi connectivity index (χ0v) is 18.6. The molecule has 0 spiro atoms. The van der Waals surface area contributed by atoms with Crippen LogP contribution in [0.2, 0.25) is 0 Å². The zero-order chi connectivity index (χ0) is 23.3. The Morgan fingerprint density at radius 1 is 0.412 bits per heavy atom. The summed E-state index contributed by atoms with van der Waals surface area (Å²) in [6, 6.07) is 44.5. The monoisotopic (exact) mass is 443 g/mol. The molecular formula is C31H25NO2. The summed E-state index contributed by atoms with van der Waals surface area (Å²) in [7, 11) is 0. The largest absolute Gasteiger partial charge is 0.364 e. The summed E-state index contributed by atoms with van der Waals surface area (Å²) in [5.74, 6) is 0. The summed E-state index contributed by atoms with van der Waals surface area (Å²) in [4.78, 5) is 2.05. The molecule has 166 valence electrons. The Morgan fingerprint density at radius 3 is 1.24 bits per heavy atom. The fourth-order valence-electron chi connectivity index (χ4n) is 4.20. The maximum absolute atomic E-state index is 10.1. The predicted octanol–water partition coefficient (Wildman–Crippen LogP) is 7.47. The van der Waals surface area contributed by atoms with Gasteiger partial charge in [0.1, 0.15) is 0 Å². The second-order valence-electron chi connectivity index (χ2n) is 8.09. The first-order chi connectivity index (χ1) is 16.7. The first-order valence-electron chi connectivity index (χ1n) is 11.3. The quantitative estimate of drug-likeness (QED) is 0.268. The van der Waals surface area contributed by atoms with Crippen molar-refractivity contribution in [2.45, 2.75) is 6.29 Å². The number of aliphatic hydroxyl groups is 2. The molecule has 0 radical (unpaired) electrons. The molecule has 0 saturated carbocycles. The zero-order valence-electron chi connectivity index (χ0n) is 18.6. The molecule has 0 aliphatic rings. The van der Waals surface area contributed by atoms with E-state index in [1.54, 1.807) is 6.07 Å². The van der Waals surface area contributed by atoms with Crippen LogP contribution >= 0.6 is 0 Å². The third-order valence-electron chi connectivity index (χ3n) is 5.92. The Bertz CT molecular complexity index is 1260. The summed E-state index contributed by atoms with van der Waals surface area (Å²) in [5.41, 5.74) is 7.58. The van der Waals surface area contributed by atoms with Crippen LogP contribution in [-0.2, 0) is 0 Å². The molecule has 0 unspecified atom stereocenters. The lowest BCUT2D eigenvalue weighted by molar-refractivity contribution is -0.0419. The van der Waals surface area contributed by atoms with Gasteiger partial charge >= 0.3 is 0 Å². The van der Waals surface area contributed by atoms with Crippen LogP contribution in [0.3, 0.4) is 0 Å². The van der Waals surface area contributed by atoms with E-state index in [0.29, 0.717) is 5.56 Å². The molecule has 0 bridgehead atoms. The van der Waals surface area contributed by atoms with Gasteiger partial charge in [0.25, 0.3) is 0 Å². The molecule has 5 aromatic carbocycles. The second kappa shape index (κ2) is 9.75. The van der Waals surface area contributed by atoms with E-state index in [1.165, 1.54) is 0 Å². The normalized spacial score (nSPS) is 10.9. The van der Waals surface area contributed by atoms with Crippen molar-refractivity contribution in [3.63, 3.8) is 0 Å². The van der Waals surface area contributed by atoms with Gasteiger partial charge in [-0.1, -0.05) is 103 Å². The molecule has 5 rings (SSSR count). The number of rotatable bonds is 6. The number of para-hydroxylation sites is 1. The van der Waals surface area contributed by atoms with Gasteiger partial charge in [0, 0.05) is 16.9 Å². The van der Waals surface area contributed by atoms with Crippen LogP contribution in [0.25, 0.3) is 22.3 Å². The highest BCUT2D eigenvalue weighted by molar-refractivity contribution is 5.81. The van der Waals surface area contributed by atoms with Gasteiger partial charge < -0.3 is 15.1 Å². The Kier molecular flexibility index (Phi) is 6.21. The highest BCUT2D eigenvalue weighted by Crippen LogP contribution is 2.39. The van der Waals surface area contributed by atoms with Crippen molar-refractivity contribution in [1.82, 2.24) is 0 Å². The summed E-state index contributed by atoms with van der Waals surface area (Å²) in [6.07, 6.45) is -1.58. The van der Waals surface area contributed by atoms with Crippen molar-refractivity contribution in [2.24, 2.45) is 0 Å². The molecule has 3 heteroatoms. The number of anilines is 3. The van der Waals surface area contributed by atoms with Crippen molar-refractivity contribution in [3.8, 4) is 22.3 Å². The van der Waals surface area contributed by atoms with Gasteiger partial charge in [-0.15, -0.1) is 0 Å². The Balaban J connectivity index is 1.59. The number of hydrogen-bond acceptors (Lipinski definition) is 3. The van der Waals surface area contributed by atoms with Crippen LogP contribution < -0.4 is 4.90 Å². The van der Waals surface area contributed by atoms with Crippen molar-refractivity contribution in [1.29, 1.82) is 0 Å². The summed E-state index contributed by atoms with van der Waals surface area (Å²) in [5, 5.41) is 20.1. The molecule has 0 fully saturated rings. The molecule has 3 nitrogen and oxygen atoms in total. The Labute approximate surface area is 199 Å². The van der Waals surface area contributed by atoms with E-state index in [4.69, 9.17) is 0 Å². The number of hydrogen-bond donors (Lipinski definition) is 2. The van der Waals surface area contributed by atoms with Gasteiger partial charge in [-0.05, 0) is 52.6 Å². The molecule has 0 atom stereocenters. The van der Waals surface area contributed by atoms with Crippen molar-refractivity contribution < 1.29 is 10.2 Å². The minimum absolute atomic E-state index is 0.446. The summed E-state index contributed by atoms with van der Waals surface area (Å²) >= 11 is 0. The van der Waals surface area contributed by atoms with Crippen LogP contribution in [0.4, 0.5) is 17.1 Å². The molecule has 0 aromatic heterocycles. The summed E-state index contributed by atoms with van der Waals surface area (Å²) < 4.78 is 0. The van der Waals surface area contributed by atoms with Gasteiger partial charge in [0.2, 0.25) is 0 Å². The molecular weight excluding hydrogens is 418 g/mol. The van der Waals surface area contributed by atoms with Crippen LogP contribution in [-0.4, -0.2) is 10.2 Å². The fourth-order valence-corrected chi connectivity index (χ4v) is 4.20. The van der Waals surface area contributed by atoms with Crippen LogP contribution in [0.1, 0.15) is 11.9 Å². The average molecular weight is 444 g/mol. The molecule has 0 amide bonds. The van der Waals surface area contributed by atoms with E-state index in [1.807, 2.05) is 54.6 Å². The Morgan fingerprint density at radius 2 is 0.794 bits per heavy atom. The molecule has 0 aliphatic heterocycles. The first kappa shape index (κ1) is 21.7. The third-order valence-corrected chi connectivity index (χ3v) is 5.92. The lowest BCUT2D eigenvalue weighted by Crippen LogP contribution is -2.13. The van der Waals surface area contributed by atoms with E-state index in [0.717, 1.165) is 39.3 Å². The van der Waals surface area contributed by atoms with Gasteiger partial charge in [-0.3, -0.25) is 0 Å². The standard InChI is InChI=1S/C31H25NO2/c33-31(34)29-13-7-8-14-30(29)32(27-19-15-25(16-20-27)23-9-3-1-4-10-23)28-21-17-26(18-22-28)24-11-5-2-6-12-24/h1-22,31,33-34H. The molecule has 2 N–H and O–H groups in total. The predicted molar refractivity (Wildman–Crippen MR) is 139 cm³/mol. The van der Waals surface area contributed by atoms with Gasteiger partial charge in [0.15, 0.2) is 6.29 Å². The van der Waals surface area contributed by atoms with Gasteiger partial charge in [-0.25, -0.2) is 0 Å². The Hall–Kier alpha value is -4.18. The molecule has 34 heavy (non-hydrogen) atoms. The van der Waals surface area contributed by atoms with Crippen LogP contribution in [0.15, 0.2) is 133 Å². The van der Waals surface area contributed by atoms with E-state index in [9.17, 15) is 10.2 Å². The molecule has 5 aromatic rings.